The first-order valence-corrected chi connectivity index (χ1v) is 7.97. The maximum Gasteiger partial charge on any atom is 0.445 e. The molecule has 0 aliphatic carbocycles. The lowest BCUT2D eigenvalue weighted by Gasteiger charge is -2.15. The normalized spacial score (nSPS) is 12.5. The minimum absolute atomic E-state index is 0.193. The summed E-state index contributed by atoms with van der Waals surface area (Å²) in [5, 5.41) is 11.6. The molecule has 1 amide bonds. The summed E-state index contributed by atoms with van der Waals surface area (Å²) < 4.78 is 39.4. The lowest BCUT2D eigenvalue weighted by molar-refractivity contribution is -0.138. The van der Waals surface area contributed by atoms with Gasteiger partial charge < -0.3 is 0 Å². The van der Waals surface area contributed by atoms with Crippen molar-refractivity contribution in [3.05, 3.63) is 20.9 Å². The van der Waals surface area contributed by atoms with Crippen LogP contribution in [0, 0.1) is 0 Å². The number of hydrogen-bond acceptors (Lipinski definition) is 5. The van der Waals surface area contributed by atoms with E-state index in [9.17, 15) is 18.0 Å². The van der Waals surface area contributed by atoms with E-state index in [0.717, 1.165) is 0 Å². The largest absolute Gasteiger partial charge is 0.445 e. The van der Waals surface area contributed by atoms with Crippen LogP contribution in [0.3, 0.4) is 0 Å². The summed E-state index contributed by atoms with van der Waals surface area (Å²) in [6.45, 7) is 5.80. The molecule has 0 unspecified atom stereocenters. The Labute approximate surface area is 142 Å². The molecule has 23 heavy (non-hydrogen) atoms. The van der Waals surface area contributed by atoms with Gasteiger partial charge in [0, 0.05) is 12.5 Å². The van der Waals surface area contributed by atoms with Gasteiger partial charge in [0.25, 0.3) is 5.91 Å². The third-order valence-electron chi connectivity index (χ3n) is 2.80. The van der Waals surface area contributed by atoms with E-state index in [-0.39, 0.29) is 27.6 Å². The number of alkyl halides is 3. The first-order valence-electron chi connectivity index (χ1n) is 6.36. The van der Waals surface area contributed by atoms with Gasteiger partial charge in [-0.3, -0.25) is 14.8 Å². The maximum absolute atomic E-state index is 12.5. The van der Waals surface area contributed by atoms with Gasteiger partial charge in [-0.1, -0.05) is 32.1 Å². The molecule has 2 aromatic rings. The van der Waals surface area contributed by atoms with Gasteiger partial charge >= 0.3 is 6.18 Å². The predicted molar refractivity (Wildman–Crippen MR) is 82.5 cm³/mol. The van der Waals surface area contributed by atoms with Gasteiger partial charge in [-0.25, -0.2) is 0 Å². The summed E-state index contributed by atoms with van der Waals surface area (Å²) in [6.07, 6.45) is -4.59. The van der Waals surface area contributed by atoms with E-state index in [1.54, 1.807) is 7.05 Å². The highest BCUT2D eigenvalue weighted by Gasteiger charge is 2.36. The van der Waals surface area contributed by atoms with Crippen molar-refractivity contribution in [1.29, 1.82) is 0 Å². The van der Waals surface area contributed by atoms with E-state index < -0.39 is 17.1 Å². The Morgan fingerprint density at radius 1 is 1.26 bits per heavy atom. The van der Waals surface area contributed by atoms with Crippen molar-refractivity contribution in [1.82, 2.24) is 20.0 Å². The van der Waals surface area contributed by atoms with E-state index in [0.29, 0.717) is 10.2 Å². The van der Waals surface area contributed by atoms with Gasteiger partial charge in [0.15, 0.2) is 0 Å². The molecule has 1 N–H and O–H groups in total. The SMILES string of the molecule is Cn1nc(C(C)(C)C)c(Br)c1C(=O)Nc1nnc(C(F)(F)F)s1. The number of anilines is 1. The Morgan fingerprint density at radius 3 is 2.30 bits per heavy atom. The Morgan fingerprint density at radius 2 is 1.87 bits per heavy atom. The molecule has 0 aromatic carbocycles. The molecule has 0 spiro atoms. The van der Waals surface area contributed by atoms with Gasteiger partial charge in [-0.05, 0) is 15.9 Å². The summed E-state index contributed by atoms with van der Waals surface area (Å²) >= 11 is 3.59. The fourth-order valence-corrected chi connectivity index (χ4v) is 3.49. The molecule has 126 valence electrons. The van der Waals surface area contributed by atoms with Gasteiger partial charge in [0.1, 0.15) is 5.69 Å². The number of carbonyl (C=O) groups excluding carboxylic acids is 1. The maximum atomic E-state index is 12.5. The average molecular weight is 412 g/mol. The number of amides is 1. The van der Waals surface area contributed by atoms with Crippen LogP contribution in [0.25, 0.3) is 0 Å². The number of carbonyl (C=O) groups is 1. The molecule has 0 radical (unpaired) electrons. The number of halogens is 4. The summed E-state index contributed by atoms with van der Waals surface area (Å²) in [6, 6.07) is 0. The molecule has 0 saturated heterocycles. The molecule has 0 fully saturated rings. The zero-order chi connectivity index (χ0) is 17.6. The van der Waals surface area contributed by atoms with Crippen LogP contribution < -0.4 is 5.32 Å². The zero-order valence-corrected chi connectivity index (χ0v) is 15.0. The molecule has 0 atom stereocenters. The predicted octanol–water partition coefficient (Wildman–Crippen LogP) is 3.60. The van der Waals surface area contributed by atoms with E-state index in [4.69, 9.17) is 0 Å². The summed E-state index contributed by atoms with van der Waals surface area (Å²) in [5.74, 6) is -0.618. The lowest BCUT2D eigenvalue weighted by atomic mass is 9.92. The highest BCUT2D eigenvalue weighted by molar-refractivity contribution is 9.10. The average Bonchev–Trinajstić information content (AvgIpc) is 2.93. The van der Waals surface area contributed by atoms with Crippen LogP contribution in [0.4, 0.5) is 18.3 Å². The second-order valence-electron chi connectivity index (χ2n) is 5.75. The van der Waals surface area contributed by atoms with Crippen molar-refractivity contribution < 1.29 is 18.0 Å². The van der Waals surface area contributed by atoms with Crippen LogP contribution in [0.15, 0.2) is 4.47 Å². The molecule has 0 saturated carbocycles. The van der Waals surface area contributed by atoms with Crippen LogP contribution in [0.1, 0.15) is 42.0 Å². The minimum atomic E-state index is -4.59. The van der Waals surface area contributed by atoms with E-state index in [2.05, 4.69) is 36.5 Å². The van der Waals surface area contributed by atoms with E-state index >= 15 is 0 Å². The number of rotatable bonds is 2. The van der Waals surface area contributed by atoms with E-state index in [1.165, 1.54) is 4.68 Å². The molecule has 11 heteroatoms. The third kappa shape index (κ3) is 3.71. The number of aromatic nitrogens is 4. The van der Waals surface area contributed by atoms with Crippen molar-refractivity contribution in [2.45, 2.75) is 32.4 Å². The standard InChI is InChI=1S/C12H13BrF3N5OS/c1-11(2,3)7-5(13)6(21(4)20-7)8(22)17-10-19-18-9(23-10)12(14,15)16/h1-4H3,(H,17,19,22). The minimum Gasteiger partial charge on any atom is -0.295 e. The highest BCUT2D eigenvalue weighted by Crippen LogP contribution is 2.34. The molecule has 6 nitrogen and oxygen atoms in total. The van der Waals surface area contributed by atoms with Gasteiger partial charge in [0.2, 0.25) is 10.1 Å². The fraction of sp³-hybridized carbons (Fsp3) is 0.500. The van der Waals surface area contributed by atoms with Crippen molar-refractivity contribution in [2.24, 2.45) is 7.05 Å². The van der Waals surface area contributed by atoms with Crippen LogP contribution >= 0.6 is 27.3 Å². The molecule has 0 aliphatic heterocycles. The fourth-order valence-electron chi connectivity index (χ4n) is 1.77. The topological polar surface area (TPSA) is 72.7 Å². The number of aryl methyl sites for hydroxylation is 1. The summed E-state index contributed by atoms with van der Waals surface area (Å²) in [4.78, 5) is 12.3. The smallest absolute Gasteiger partial charge is 0.295 e. The zero-order valence-electron chi connectivity index (χ0n) is 12.6. The Kier molecular flexibility index (Phi) is 4.55. The second-order valence-corrected chi connectivity index (χ2v) is 7.52. The monoisotopic (exact) mass is 411 g/mol. The molecule has 2 aromatic heterocycles. The number of nitrogens with one attached hydrogen (secondary N) is 1. The molecule has 0 aliphatic rings. The number of nitrogens with zero attached hydrogens (tertiary/aromatic N) is 4. The molecular weight excluding hydrogens is 399 g/mol. The Bertz CT molecular complexity index is 747. The lowest BCUT2D eigenvalue weighted by Crippen LogP contribution is -2.16. The van der Waals surface area contributed by atoms with Gasteiger partial charge in [-0.2, -0.15) is 18.3 Å². The van der Waals surface area contributed by atoms with Crippen LogP contribution in [-0.2, 0) is 18.6 Å². The first kappa shape index (κ1) is 17.9. The molecule has 2 rings (SSSR count). The molecular formula is C12H13BrF3N5OS. The van der Waals surface area contributed by atoms with Crippen molar-refractivity contribution in [3.8, 4) is 0 Å². The first-order chi connectivity index (χ1) is 10.4. The van der Waals surface area contributed by atoms with Crippen LogP contribution in [0.5, 0.6) is 0 Å². The van der Waals surface area contributed by atoms with E-state index in [1.807, 2.05) is 20.8 Å². The van der Waals surface area contributed by atoms with Crippen molar-refractivity contribution in [3.63, 3.8) is 0 Å². The molecule has 2 heterocycles. The van der Waals surface area contributed by atoms with Crippen LogP contribution in [0.2, 0.25) is 0 Å². The summed E-state index contributed by atoms with van der Waals surface area (Å²) in [5.41, 5.74) is 0.554. The van der Waals surface area contributed by atoms with Gasteiger partial charge in [-0.15, -0.1) is 10.2 Å². The quantitative estimate of drug-likeness (QED) is 0.818. The second kappa shape index (κ2) is 5.86. The third-order valence-corrected chi connectivity index (χ3v) is 4.44. The Balaban J connectivity index is 2.29. The van der Waals surface area contributed by atoms with Crippen LogP contribution in [-0.4, -0.2) is 25.9 Å². The summed E-state index contributed by atoms with van der Waals surface area (Å²) in [7, 11) is 1.58. The number of hydrogen-bond donors (Lipinski definition) is 1. The molecule has 0 bridgehead atoms. The highest BCUT2D eigenvalue weighted by atomic mass is 79.9. The van der Waals surface area contributed by atoms with Crippen molar-refractivity contribution >= 4 is 38.3 Å². The Hall–Kier alpha value is -1.49. The van der Waals surface area contributed by atoms with Gasteiger partial charge in [0.05, 0.1) is 10.2 Å². The van der Waals surface area contributed by atoms with Crippen molar-refractivity contribution in [2.75, 3.05) is 5.32 Å².